The van der Waals surface area contributed by atoms with Crippen LogP contribution in [0.2, 0.25) is 0 Å². The molecule has 2 rings (SSSR count). The molecule has 1 fully saturated rings. The first kappa shape index (κ1) is 17.5. The van der Waals surface area contributed by atoms with Gasteiger partial charge in [0.2, 0.25) is 0 Å². The number of nitrogens with one attached hydrogen (secondary N) is 1. The molecule has 22 heavy (non-hydrogen) atoms. The van der Waals surface area contributed by atoms with Gasteiger partial charge in [-0.1, -0.05) is 32.1 Å². The molecule has 0 saturated heterocycles. The highest BCUT2D eigenvalue weighted by Crippen LogP contribution is 2.29. The largest absolute Gasteiger partial charge is 0.481 e. The third-order valence-corrected chi connectivity index (χ3v) is 6.04. The molecule has 1 aliphatic rings. The van der Waals surface area contributed by atoms with Crippen LogP contribution in [-0.4, -0.2) is 23.0 Å². The molecule has 2 N–H and O–H groups in total. The van der Waals surface area contributed by atoms with Gasteiger partial charge in [0.1, 0.15) is 4.88 Å². The van der Waals surface area contributed by atoms with E-state index in [2.05, 4.69) is 21.2 Å². The minimum Gasteiger partial charge on any atom is -0.481 e. The molecule has 0 aromatic carbocycles. The number of rotatable bonds is 7. The summed E-state index contributed by atoms with van der Waals surface area (Å²) in [6, 6.07) is 1.80. The lowest BCUT2D eigenvalue weighted by molar-refractivity contribution is -0.137. The zero-order valence-electron chi connectivity index (χ0n) is 12.5. The number of amides is 1. The van der Waals surface area contributed by atoms with E-state index in [1.807, 2.05) is 11.4 Å². The van der Waals surface area contributed by atoms with Gasteiger partial charge in [-0.15, -0.1) is 11.3 Å². The van der Waals surface area contributed by atoms with E-state index in [9.17, 15) is 9.59 Å². The average molecular weight is 388 g/mol. The van der Waals surface area contributed by atoms with Gasteiger partial charge in [0.05, 0.1) is 0 Å². The van der Waals surface area contributed by atoms with Crippen LogP contribution in [-0.2, 0) is 4.79 Å². The number of hydrogen-bond donors (Lipinski definition) is 2. The summed E-state index contributed by atoms with van der Waals surface area (Å²) >= 11 is 4.77. The summed E-state index contributed by atoms with van der Waals surface area (Å²) in [6.45, 7) is 0. The van der Waals surface area contributed by atoms with Gasteiger partial charge < -0.3 is 10.4 Å². The molecular formula is C16H22BrNO3S. The van der Waals surface area contributed by atoms with Gasteiger partial charge in [-0.3, -0.25) is 9.59 Å². The monoisotopic (exact) mass is 387 g/mol. The average Bonchev–Trinajstić information content (AvgIpc) is 2.92. The molecule has 1 atom stereocenters. The second-order valence-corrected chi connectivity index (χ2v) is 7.71. The highest BCUT2D eigenvalue weighted by molar-refractivity contribution is 9.10. The van der Waals surface area contributed by atoms with Gasteiger partial charge in [0.25, 0.3) is 5.91 Å². The van der Waals surface area contributed by atoms with E-state index in [0.29, 0.717) is 17.2 Å². The molecule has 0 radical (unpaired) electrons. The maximum atomic E-state index is 12.3. The lowest BCUT2D eigenvalue weighted by atomic mass is 9.84. The van der Waals surface area contributed by atoms with Crippen molar-refractivity contribution in [2.75, 3.05) is 0 Å². The molecule has 0 spiro atoms. The SMILES string of the molecule is O=C(O)CCC(CC1CCCCC1)NC(=O)c1sccc1Br. The van der Waals surface area contributed by atoms with Crippen molar-refractivity contribution in [2.24, 2.45) is 5.92 Å². The van der Waals surface area contributed by atoms with Gasteiger partial charge in [0, 0.05) is 16.9 Å². The lowest BCUT2D eigenvalue weighted by Crippen LogP contribution is -2.36. The van der Waals surface area contributed by atoms with Crippen LogP contribution < -0.4 is 5.32 Å². The fourth-order valence-corrected chi connectivity index (χ4v) is 4.53. The minimum absolute atomic E-state index is 0.0549. The van der Waals surface area contributed by atoms with E-state index in [1.54, 1.807) is 0 Å². The summed E-state index contributed by atoms with van der Waals surface area (Å²) in [5.74, 6) is -0.298. The molecule has 1 heterocycles. The second kappa shape index (κ2) is 8.67. The fraction of sp³-hybridized carbons (Fsp3) is 0.625. The molecular weight excluding hydrogens is 366 g/mol. The quantitative estimate of drug-likeness (QED) is 0.726. The van der Waals surface area contributed by atoms with Gasteiger partial charge in [-0.05, 0) is 46.1 Å². The van der Waals surface area contributed by atoms with E-state index in [-0.39, 0.29) is 18.4 Å². The number of carbonyl (C=O) groups is 2. The van der Waals surface area contributed by atoms with Crippen LogP contribution in [0.1, 0.15) is 61.0 Å². The predicted octanol–water partition coefficient (Wildman–Crippen LogP) is 4.44. The second-order valence-electron chi connectivity index (χ2n) is 5.94. The Morgan fingerprint density at radius 3 is 2.68 bits per heavy atom. The normalized spacial score (nSPS) is 17.1. The van der Waals surface area contributed by atoms with E-state index in [0.717, 1.165) is 10.9 Å². The maximum Gasteiger partial charge on any atom is 0.303 e. The molecule has 122 valence electrons. The Morgan fingerprint density at radius 1 is 1.36 bits per heavy atom. The summed E-state index contributed by atoms with van der Waals surface area (Å²) < 4.78 is 0.796. The predicted molar refractivity (Wildman–Crippen MR) is 91.3 cm³/mol. The standard InChI is InChI=1S/C16H22BrNO3S/c17-13-8-9-22-15(13)16(21)18-12(6-7-14(19)20)10-11-4-2-1-3-5-11/h8-9,11-12H,1-7,10H2,(H,18,21)(H,19,20). The molecule has 6 heteroatoms. The van der Waals surface area contributed by atoms with Crippen molar-refractivity contribution < 1.29 is 14.7 Å². The Kier molecular flexibility index (Phi) is 6.89. The molecule has 0 aliphatic heterocycles. The summed E-state index contributed by atoms with van der Waals surface area (Å²) in [6.07, 6.45) is 7.68. The van der Waals surface area contributed by atoms with E-state index in [4.69, 9.17) is 5.11 Å². The van der Waals surface area contributed by atoms with Crippen LogP contribution in [0.25, 0.3) is 0 Å². The Bertz CT molecular complexity index is 511. The molecule has 0 bridgehead atoms. The van der Waals surface area contributed by atoms with Crippen molar-refractivity contribution in [3.63, 3.8) is 0 Å². The highest BCUT2D eigenvalue weighted by atomic mass is 79.9. The first-order valence-electron chi connectivity index (χ1n) is 7.82. The molecule has 1 unspecified atom stereocenters. The number of halogens is 1. The van der Waals surface area contributed by atoms with E-state index < -0.39 is 5.97 Å². The van der Waals surface area contributed by atoms with Crippen molar-refractivity contribution in [2.45, 2.75) is 57.4 Å². The van der Waals surface area contributed by atoms with Gasteiger partial charge >= 0.3 is 5.97 Å². The Labute approximate surface area is 143 Å². The number of aliphatic carboxylic acids is 1. The molecule has 1 aromatic heterocycles. The Morgan fingerprint density at radius 2 is 2.09 bits per heavy atom. The van der Waals surface area contributed by atoms with Crippen molar-refractivity contribution in [3.05, 3.63) is 20.8 Å². The van der Waals surface area contributed by atoms with E-state index in [1.165, 1.54) is 43.4 Å². The van der Waals surface area contributed by atoms with Crippen LogP contribution in [0, 0.1) is 5.92 Å². The number of thiophene rings is 1. The van der Waals surface area contributed by atoms with Crippen molar-refractivity contribution >= 4 is 39.1 Å². The summed E-state index contributed by atoms with van der Waals surface area (Å²) in [5, 5.41) is 13.8. The number of carboxylic acids is 1. The molecule has 1 aliphatic carbocycles. The topological polar surface area (TPSA) is 66.4 Å². The molecule has 1 amide bonds. The fourth-order valence-electron chi connectivity index (χ4n) is 3.08. The molecule has 1 aromatic rings. The van der Waals surface area contributed by atoms with Crippen LogP contribution in [0.3, 0.4) is 0 Å². The summed E-state index contributed by atoms with van der Waals surface area (Å²) in [7, 11) is 0. The molecule has 1 saturated carbocycles. The maximum absolute atomic E-state index is 12.3. The number of carbonyl (C=O) groups excluding carboxylic acids is 1. The van der Waals surface area contributed by atoms with Crippen LogP contribution >= 0.6 is 27.3 Å². The zero-order valence-corrected chi connectivity index (χ0v) is 14.9. The first-order valence-corrected chi connectivity index (χ1v) is 9.49. The summed E-state index contributed by atoms with van der Waals surface area (Å²) in [4.78, 5) is 23.8. The highest BCUT2D eigenvalue weighted by Gasteiger charge is 2.22. The summed E-state index contributed by atoms with van der Waals surface area (Å²) in [5.41, 5.74) is 0. The zero-order chi connectivity index (χ0) is 15.9. The minimum atomic E-state index is -0.805. The third-order valence-electron chi connectivity index (χ3n) is 4.21. The Balaban J connectivity index is 1.95. The Hall–Kier alpha value is -0.880. The van der Waals surface area contributed by atoms with Gasteiger partial charge in [-0.2, -0.15) is 0 Å². The van der Waals surface area contributed by atoms with Crippen LogP contribution in [0.4, 0.5) is 0 Å². The lowest BCUT2D eigenvalue weighted by Gasteiger charge is -2.27. The van der Waals surface area contributed by atoms with Crippen molar-refractivity contribution in [3.8, 4) is 0 Å². The first-order chi connectivity index (χ1) is 10.6. The third kappa shape index (κ3) is 5.39. The van der Waals surface area contributed by atoms with Gasteiger partial charge in [0.15, 0.2) is 0 Å². The number of carboxylic acid groups (broad SMARTS) is 1. The smallest absolute Gasteiger partial charge is 0.303 e. The van der Waals surface area contributed by atoms with Crippen molar-refractivity contribution in [1.82, 2.24) is 5.32 Å². The number of hydrogen-bond acceptors (Lipinski definition) is 3. The van der Waals surface area contributed by atoms with Gasteiger partial charge in [-0.25, -0.2) is 0 Å². The van der Waals surface area contributed by atoms with E-state index >= 15 is 0 Å². The molecule has 4 nitrogen and oxygen atoms in total. The van der Waals surface area contributed by atoms with Crippen LogP contribution in [0.5, 0.6) is 0 Å². The van der Waals surface area contributed by atoms with Crippen molar-refractivity contribution in [1.29, 1.82) is 0 Å². The van der Waals surface area contributed by atoms with Crippen LogP contribution in [0.15, 0.2) is 15.9 Å².